The summed E-state index contributed by atoms with van der Waals surface area (Å²) < 4.78 is 139. The molecule has 0 aliphatic heterocycles. The first-order valence-corrected chi connectivity index (χ1v) is 10.3. The molecule has 0 saturated heterocycles. The van der Waals surface area contributed by atoms with Gasteiger partial charge in [-0.1, -0.05) is 22.6 Å². The fraction of sp³-hybridized carbons (Fsp3) is 1.00. The molecule has 0 N–H and O–H groups in total. The number of alkyl halides is 10. The second kappa shape index (κ2) is 9.17. The van der Waals surface area contributed by atoms with Gasteiger partial charge in [0.25, 0.3) is 0 Å². The number of hydrogen-bond donors (Lipinski definition) is 0. The van der Waals surface area contributed by atoms with E-state index in [9.17, 15) is 44.1 Å². The predicted molar refractivity (Wildman–Crippen MR) is 83.7 cm³/mol. The zero-order valence-electron chi connectivity index (χ0n) is 13.6. The monoisotopic (exact) mass is 538 g/mol. The van der Waals surface area contributed by atoms with E-state index in [4.69, 9.17) is 9.05 Å². The van der Waals surface area contributed by atoms with E-state index in [0.717, 1.165) is 0 Å². The average molecular weight is 538 g/mol. The molecule has 0 aromatic heterocycles. The maximum Gasteiger partial charge on any atom is 0.460 e. The normalized spacial score (nSPS) is 16.0. The van der Waals surface area contributed by atoms with Crippen molar-refractivity contribution in [3.05, 3.63) is 0 Å². The van der Waals surface area contributed by atoms with Crippen molar-refractivity contribution in [3.8, 4) is 0 Å². The fourth-order valence-corrected chi connectivity index (χ4v) is 5.30. The van der Waals surface area contributed by atoms with E-state index in [1.54, 1.807) is 22.6 Å². The lowest BCUT2D eigenvalue weighted by molar-refractivity contribution is -0.396. The highest BCUT2D eigenvalue weighted by atomic mass is 127. The van der Waals surface area contributed by atoms with Gasteiger partial charge in [0, 0.05) is 10.8 Å². The van der Waals surface area contributed by atoms with Gasteiger partial charge >= 0.3 is 31.5 Å². The lowest BCUT2D eigenvalue weighted by atomic mass is 9.99. The third kappa shape index (κ3) is 5.40. The van der Waals surface area contributed by atoms with Crippen LogP contribution in [0.25, 0.3) is 0 Å². The van der Waals surface area contributed by atoms with Crippen LogP contribution >= 0.6 is 30.2 Å². The molecule has 158 valence electrons. The van der Waals surface area contributed by atoms with Crippen molar-refractivity contribution in [2.45, 2.75) is 56.3 Å². The summed E-state index contributed by atoms with van der Waals surface area (Å²) in [5.41, 5.74) is -2.00. The van der Waals surface area contributed by atoms with E-state index in [-0.39, 0.29) is 17.6 Å². The molecule has 0 amide bonds. The summed E-state index contributed by atoms with van der Waals surface area (Å²) in [5.74, 6) is -19.6. The smallest absolute Gasteiger partial charge is 0.309 e. The van der Waals surface area contributed by atoms with E-state index in [1.807, 2.05) is 0 Å². The summed E-state index contributed by atoms with van der Waals surface area (Å²) in [5, 5.41) is 0. The van der Waals surface area contributed by atoms with Crippen LogP contribution in [0.5, 0.6) is 0 Å². The van der Waals surface area contributed by atoms with Gasteiger partial charge in [-0.05, 0) is 20.3 Å². The van der Waals surface area contributed by atoms with Crippen LogP contribution in [0, 0.1) is 0 Å². The third-order valence-electron chi connectivity index (χ3n) is 3.21. The highest BCUT2D eigenvalue weighted by Gasteiger charge is 2.81. The van der Waals surface area contributed by atoms with Crippen molar-refractivity contribution < 1.29 is 53.1 Å². The summed E-state index contributed by atoms with van der Waals surface area (Å²) in [6, 6.07) is 0. The zero-order chi connectivity index (χ0) is 21.0. The maximum atomic E-state index is 13.8. The molecule has 1 atom stereocenters. The largest absolute Gasteiger partial charge is 0.460 e. The third-order valence-corrected chi connectivity index (χ3v) is 6.40. The van der Waals surface area contributed by atoms with Gasteiger partial charge < -0.3 is 9.05 Å². The van der Waals surface area contributed by atoms with Crippen molar-refractivity contribution in [1.29, 1.82) is 0 Å². The molecule has 0 saturated carbocycles. The van der Waals surface area contributed by atoms with Gasteiger partial charge in [0.1, 0.15) is 0 Å². The number of rotatable bonds is 11. The highest BCUT2D eigenvalue weighted by molar-refractivity contribution is 14.1. The maximum absolute atomic E-state index is 13.8. The molecular weight excluding hydrogens is 521 g/mol. The topological polar surface area (TPSA) is 35.5 Å². The SMILES string of the molecule is CCOP(=O)(OCC)C(CCI)CC(F)(F)C(F)(F)C(F)(F)C(F)(F)F. The number of hydrogen-bond acceptors (Lipinski definition) is 3. The molecule has 0 fully saturated rings. The van der Waals surface area contributed by atoms with Crippen LogP contribution in [-0.2, 0) is 13.6 Å². The second-order valence-electron chi connectivity index (χ2n) is 5.06. The molecule has 1 unspecified atom stereocenters. The van der Waals surface area contributed by atoms with Gasteiger partial charge in [-0.15, -0.1) is 0 Å². The first-order chi connectivity index (χ1) is 11.5. The fourth-order valence-electron chi connectivity index (χ4n) is 1.94. The van der Waals surface area contributed by atoms with Gasteiger partial charge in [0.2, 0.25) is 0 Å². The predicted octanol–water partition coefficient (Wildman–Crippen LogP) is 6.30. The second-order valence-corrected chi connectivity index (χ2v) is 8.47. The molecule has 0 aromatic carbocycles. The standard InChI is InChI=1S/C12H17F9IO3P/c1-3-24-26(23,25-4-2)8(5-6-22)7-9(13,14)10(15,16)11(17,18)12(19,20)21/h8H,3-7H2,1-2H3. The first-order valence-electron chi connectivity index (χ1n) is 7.19. The Kier molecular flexibility index (Phi) is 9.25. The Hall–Kier alpha value is 0.250. The molecule has 0 aliphatic carbocycles. The van der Waals surface area contributed by atoms with E-state index in [1.165, 1.54) is 13.8 Å². The Bertz CT molecular complexity index is 489. The van der Waals surface area contributed by atoms with Crippen LogP contribution in [0.15, 0.2) is 0 Å². The summed E-state index contributed by atoms with van der Waals surface area (Å²) in [4.78, 5) is 0. The minimum Gasteiger partial charge on any atom is -0.309 e. The van der Waals surface area contributed by atoms with Crippen LogP contribution in [0.1, 0.15) is 26.7 Å². The Labute approximate surface area is 157 Å². The molecule has 0 radical (unpaired) electrons. The molecule has 14 heteroatoms. The molecule has 0 spiro atoms. The van der Waals surface area contributed by atoms with E-state index < -0.39 is 50.0 Å². The molecule has 0 aromatic rings. The summed E-state index contributed by atoms with van der Waals surface area (Å²) in [6.07, 6.45) is -9.62. The van der Waals surface area contributed by atoms with Gasteiger partial charge in [-0.2, -0.15) is 39.5 Å². The van der Waals surface area contributed by atoms with Gasteiger partial charge in [-0.3, -0.25) is 4.57 Å². The van der Waals surface area contributed by atoms with Crippen molar-refractivity contribution in [2.24, 2.45) is 0 Å². The minimum atomic E-state index is -6.99. The van der Waals surface area contributed by atoms with Gasteiger partial charge in [0.15, 0.2) is 0 Å². The van der Waals surface area contributed by atoms with Crippen molar-refractivity contribution in [2.75, 3.05) is 17.6 Å². The zero-order valence-corrected chi connectivity index (χ0v) is 16.6. The summed E-state index contributed by atoms with van der Waals surface area (Å²) in [6.45, 7) is 1.90. The van der Waals surface area contributed by atoms with Crippen LogP contribution < -0.4 is 0 Å². The average Bonchev–Trinajstić information content (AvgIpc) is 2.45. The lowest BCUT2D eigenvalue weighted by Crippen LogP contribution is -2.61. The molecule has 3 nitrogen and oxygen atoms in total. The van der Waals surface area contributed by atoms with Crippen molar-refractivity contribution in [3.63, 3.8) is 0 Å². The highest BCUT2D eigenvalue weighted by Crippen LogP contribution is 2.60. The first kappa shape index (κ1) is 26.2. The van der Waals surface area contributed by atoms with Crippen molar-refractivity contribution in [1.82, 2.24) is 0 Å². The van der Waals surface area contributed by atoms with Gasteiger partial charge in [0.05, 0.1) is 18.9 Å². The Morgan fingerprint density at radius 2 is 1.31 bits per heavy atom. The van der Waals surface area contributed by atoms with E-state index in [2.05, 4.69) is 0 Å². The summed E-state index contributed by atoms with van der Waals surface area (Å²) in [7, 11) is -4.45. The Morgan fingerprint density at radius 1 is 0.885 bits per heavy atom. The molecule has 0 bridgehead atoms. The molecule has 0 heterocycles. The van der Waals surface area contributed by atoms with E-state index in [0.29, 0.717) is 0 Å². The van der Waals surface area contributed by atoms with Crippen LogP contribution in [0.4, 0.5) is 39.5 Å². The molecule has 26 heavy (non-hydrogen) atoms. The molecule has 0 aliphatic rings. The lowest BCUT2D eigenvalue weighted by Gasteiger charge is -2.36. The Morgan fingerprint density at radius 3 is 1.62 bits per heavy atom. The van der Waals surface area contributed by atoms with E-state index >= 15 is 0 Å². The number of halogens is 10. The van der Waals surface area contributed by atoms with Crippen LogP contribution in [0.3, 0.4) is 0 Å². The summed E-state index contributed by atoms with van der Waals surface area (Å²) >= 11 is 1.61. The Balaban J connectivity index is 5.92. The molecular formula is C12H17F9IO3P. The minimum absolute atomic E-state index is 0.0378. The van der Waals surface area contributed by atoms with Gasteiger partial charge in [-0.25, -0.2) is 0 Å². The quantitative estimate of drug-likeness (QED) is 0.134. The molecule has 0 rings (SSSR count). The van der Waals surface area contributed by atoms with Crippen LogP contribution in [-0.4, -0.2) is 47.2 Å². The van der Waals surface area contributed by atoms with Crippen molar-refractivity contribution >= 4 is 30.2 Å². The van der Waals surface area contributed by atoms with Crippen LogP contribution in [0.2, 0.25) is 0 Å².